The van der Waals surface area contributed by atoms with Gasteiger partial charge in [0.1, 0.15) is 5.75 Å². The molecule has 1 atom stereocenters. The first-order valence-corrected chi connectivity index (χ1v) is 10.1. The highest BCUT2D eigenvalue weighted by Crippen LogP contribution is 2.21. The topological polar surface area (TPSA) is 68.2 Å². The van der Waals surface area contributed by atoms with E-state index in [0.717, 1.165) is 28.2 Å². The number of nitrogens with zero attached hydrogens (tertiary/aromatic N) is 2. The van der Waals surface area contributed by atoms with Crippen molar-refractivity contribution in [3.05, 3.63) is 77.1 Å². The number of carbonyl (C=O) groups excluding carboxylic acids is 1. The van der Waals surface area contributed by atoms with Gasteiger partial charge in [-0.1, -0.05) is 30.3 Å². The molecular formula is C23H25F3N4O2. The Kier molecular flexibility index (Phi) is 7.07. The van der Waals surface area contributed by atoms with E-state index in [1.807, 2.05) is 48.9 Å². The number of hydrogen-bond donors (Lipinski definition) is 2. The number of ether oxygens (including phenoxy) is 1. The number of carbonyl (C=O) groups is 1. The lowest BCUT2D eigenvalue weighted by Crippen LogP contribution is -2.36. The second kappa shape index (κ2) is 9.76. The molecule has 1 aromatic heterocycles. The summed E-state index contributed by atoms with van der Waals surface area (Å²) in [5.74, 6) is 0.115. The van der Waals surface area contributed by atoms with Crippen molar-refractivity contribution in [3.8, 4) is 11.4 Å². The highest BCUT2D eigenvalue weighted by atomic mass is 19.4. The Morgan fingerprint density at radius 3 is 2.38 bits per heavy atom. The van der Waals surface area contributed by atoms with Crippen LogP contribution in [0.3, 0.4) is 0 Å². The van der Waals surface area contributed by atoms with Crippen LogP contribution in [0.1, 0.15) is 35.5 Å². The van der Waals surface area contributed by atoms with Gasteiger partial charge >= 0.3 is 12.2 Å². The number of para-hydroxylation sites is 1. The number of nitrogens with one attached hydrogen (secondary N) is 2. The van der Waals surface area contributed by atoms with Crippen LogP contribution in [0.2, 0.25) is 0 Å². The van der Waals surface area contributed by atoms with Crippen molar-refractivity contribution in [1.29, 1.82) is 0 Å². The molecule has 2 aromatic carbocycles. The number of benzene rings is 2. The molecule has 0 aliphatic carbocycles. The summed E-state index contributed by atoms with van der Waals surface area (Å²) in [6.07, 6.45) is -4.39. The average Bonchev–Trinajstić information content (AvgIpc) is 3.04. The minimum atomic E-state index is -4.39. The third kappa shape index (κ3) is 6.03. The summed E-state index contributed by atoms with van der Waals surface area (Å²) in [7, 11) is 0. The van der Waals surface area contributed by atoms with Crippen molar-refractivity contribution in [3.63, 3.8) is 0 Å². The molecule has 3 rings (SSSR count). The molecule has 0 spiro atoms. The van der Waals surface area contributed by atoms with Gasteiger partial charge in [0.15, 0.2) is 6.61 Å². The molecule has 2 amide bonds. The number of aromatic nitrogens is 2. The predicted octanol–water partition coefficient (Wildman–Crippen LogP) is 4.99. The van der Waals surface area contributed by atoms with E-state index in [1.165, 1.54) is 12.1 Å². The molecule has 9 heteroatoms. The van der Waals surface area contributed by atoms with Gasteiger partial charge in [0.05, 0.1) is 17.4 Å². The molecule has 0 radical (unpaired) electrons. The molecule has 2 N–H and O–H groups in total. The Labute approximate surface area is 184 Å². The SMILES string of the molecule is Cc1nn(-c2ccccc2)c(C)c1CNC(=O)NC(C)c1ccc(OCC(F)(F)F)cc1. The van der Waals surface area contributed by atoms with Crippen molar-refractivity contribution >= 4 is 6.03 Å². The van der Waals surface area contributed by atoms with E-state index in [9.17, 15) is 18.0 Å². The maximum absolute atomic E-state index is 12.4. The second-order valence-corrected chi connectivity index (χ2v) is 7.42. The van der Waals surface area contributed by atoms with E-state index in [-0.39, 0.29) is 17.8 Å². The van der Waals surface area contributed by atoms with Gasteiger partial charge in [-0.3, -0.25) is 0 Å². The van der Waals surface area contributed by atoms with Gasteiger partial charge in [0.25, 0.3) is 0 Å². The first kappa shape index (κ1) is 23.2. The monoisotopic (exact) mass is 446 g/mol. The van der Waals surface area contributed by atoms with Crippen LogP contribution in [0.5, 0.6) is 5.75 Å². The molecule has 170 valence electrons. The molecule has 3 aromatic rings. The van der Waals surface area contributed by atoms with Gasteiger partial charge in [-0.25, -0.2) is 9.48 Å². The van der Waals surface area contributed by atoms with E-state index in [0.29, 0.717) is 6.54 Å². The Morgan fingerprint density at radius 1 is 1.09 bits per heavy atom. The molecule has 32 heavy (non-hydrogen) atoms. The maximum atomic E-state index is 12.4. The van der Waals surface area contributed by atoms with Gasteiger partial charge in [0, 0.05) is 17.8 Å². The zero-order chi connectivity index (χ0) is 23.3. The first-order valence-electron chi connectivity index (χ1n) is 10.1. The predicted molar refractivity (Wildman–Crippen MR) is 115 cm³/mol. The molecule has 0 aliphatic heterocycles. The molecule has 1 heterocycles. The molecule has 1 unspecified atom stereocenters. The quantitative estimate of drug-likeness (QED) is 0.537. The van der Waals surface area contributed by atoms with Crippen LogP contribution >= 0.6 is 0 Å². The van der Waals surface area contributed by atoms with Crippen molar-refractivity contribution in [2.24, 2.45) is 0 Å². The van der Waals surface area contributed by atoms with Gasteiger partial charge < -0.3 is 15.4 Å². The Bertz CT molecular complexity index is 1050. The maximum Gasteiger partial charge on any atom is 0.422 e. The van der Waals surface area contributed by atoms with Crippen molar-refractivity contribution < 1.29 is 22.7 Å². The second-order valence-electron chi connectivity index (χ2n) is 7.42. The van der Waals surface area contributed by atoms with E-state index >= 15 is 0 Å². The summed E-state index contributed by atoms with van der Waals surface area (Å²) in [4.78, 5) is 12.4. The summed E-state index contributed by atoms with van der Waals surface area (Å²) in [5, 5.41) is 10.2. The molecule has 0 saturated carbocycles. The standard InChI is InChI=1S/C23H25F3N4O2/c1-15(18-9-11-20(12-10-18)32-14-23(24,25)26)28-22(31)27-13-21-16(2)29-30(17(21)3)19-7-5-4-6-8-19/h4-12,15H,13-14H2,1-3H3,(H2,27,28,31). The molecule has 0 saturated heterocycles. The molecule has 0 aliphatic rings. The summed E-state index contributed by atoms with van der Waals surface area (Å²) < 4.78 is 43.3. The van der Waals surface area contributed by atoms with Crippen LogP contribution in [0.15, 0.2) is 54.6 Å². The minimum absolute atomic E-state index is 0.115. The highest BCUT2D eigenvalue weighted by molar-refractivity contribution is 5.74. The van der Waals surface area contributed by atoms with E-state index in [4.69, 9.17) is 4.74 Å². The zero-order valence-electron chi connectivity index (χ0n) is 18.0. The molecular weight excluding hydrogens is 421 g/mol. The average molecular weight is 446 g/mol. The third-order valence-electron chi connectivity index (χ3n) is 5.00. The smallest absolute Gasteiger partial charge is 0.422 e. The number of halogens is 3. The van der Waals surface area contributed by atoms with Gasteiger partial charge in [0.2, 0.25) is 0 Å². The third-order valence-corrected chi connectivity index (χ3v) is 5.00. The van der Waals surface area contributed by atoms with Crippen molar-refractivity contribution in [1.82, 2.24) is 20.4 Å². The number of alkyl halides is 3. The lowest BCUT2D eigenvalue weighted by Gasteiger charge is -2.16. The number of amides is 2. The fourth-order valence-electron chi connectivity index (χ4n) is 3.27. The van der Waals surface area contributed by atoms with Crippen molar-refractivity contribution in [2.45, 2.75) is 39.5 Å². The van der Waals surface area contributed by atoms with Crippen LogP contribution in [0.4, 0.5) is 18.0 Å². The number of rotatable bonds is 7. The summed E-state index contributed by atoms with van der Waals surface area (Å²) in [6, 6.07) is 15.2. The van der Waals surface area contributed by atoms with Crippen LogP contribution < -0.4 is 15.4 Å². The Hall–Kier alpha value is -3.49. The van der Waals surface area contributed by atoms with Gasteiger partial charge in [-0.15, -0.1) is 0 Å². The van der Waals surface area contributed by atoms with Gasteiger partial charge in [-0.2, -0.15) is 18.3 Å². The van der Waals surface area contributed by atoms with Crippen LogP contribution in [0, 0.1) is 13.8 Å². The first-order chi connectivity index (χ1) is 15.1. The van der Waals surface area contributed by atoms with E-state index in [2.05, 4.69) is 15.7 Å². The summed E-state index contributed by atoms with van der Waals surface area (Å²) >= 11 is 0. The molecule has 0 fully saturated rings. The molecule has 6 nitrogen and oxygen atoms in total. The fraction of sp³-hybridized carbons (Fsp3) is 0.304. The Balaban J connectivity index is 1.55. The fourth-order valence-corrected chi connectivity index (χ4v) is 3.27. The van der Waals surface area contributed by atoms with Crippen molar-refractivity contribution in [2.75, 3.05) is 6.61 Å². The minimum Gasteiger partial charge on any atom is -0.484 e. The van der Waals surface area contributed by atoms with Crippen LogP contribution in [-0.2, 0) is 6.54 Å². The molecule has 0 bridgehead atoms. The normalized spacial score (nSPS) is 12.3. The number of aryl methyl sites for hydroxylation is 1. The summed E-state index contributed by atoms with van der Waals surface area (Å²) in [6.45, 7) is 4.60. The van der Waals surface area contributed by atoms with E-state index < -0.39 is 12.8 Å². The number of urea groups is 1. The highest BCUT2D eigenvalue weighted by Gasteiger charge is 2.28. The zero-order valence-corrected chi connectivity index (χ0v) is 18.0. The Morgan fingerprint density at radius 2 is 1.75 bits per heavy atom. The lowest BCUT2D eigenvalue weighted by molar-refractivity contribution is -0.153. The largest absolute Gasteiger partial charge is 0.484 e. The van der Waals surface area contributed by atoms with Crippen LogP contribution in [-0.4, -0.2) is 28.6 Å². The van der Waals surface area contributed by atoms with E-state index in [1.54, 1.807) is 19.1 Å². The van der Waals surface area contributed by atoms with Gasteiger partial charge in [-0.05, 0) is 50.6 Å². The summed E-state index contributed by atoms with van der Waals surface area (Å²) in [5.41, 5.74) is 4.39. The number of hydrogen-bond acceptors (Lipinski definition) is 3. The lowest BCUT2D eigenvalue weighted by atomic mass is 10.1. The van der Waals surface area contributed by atoms with Crippen LogP contribution in [0.25, 0.3) is 5.69 Å².